The highest BCUT2D eigenvalue weighted by Crippen LogP contribution is 2.18. The Kier molecular flexibility index (Phi) is 2.83. The van der Waals surface area contributed by atoms with Gasteiger partial charge < -0.3 is 4.90 Å². The molecule has 0 radical (unpaired) electrons. The summed E-state index contributed by atoms with van der Waals surface area (Å²) in [6.45, 7) is 2.00. The fourth-order valence-electron chi connectivity index (χ4n) is 1.94. The number of fused-ring (bicyclic) bond motifs is 1. The average Bonchev–Trinajstić information content (AvgIpc) is 3.01. The molecule has 0 saturated heterocycles. The average molecular weight is 271 g/mol. The second kappa shape index (κ2) is 4.51. The van der Waals surface area contributed by atoms with Gasteiger partial charge in [0.15, 0.2) is 4.96 Å². The van der Waals surface area contributed by atoms with E-state index in [0.717, 1.165) is 16.3 Å². The van der Waals surface area contributed by atoms with Crippen LogP contribution in [0.2, 0.25) is 0 Å². The van der Waals surface area contributed by atoms with Crippen LogP contribution in [0.25, 0.3) is 4.96 Å². The number of para-hydroxylation sites is 1. The highest BCUT2D eigenvalue weighted by molar-refractivity contribution is 7.15. The number of anilines is 1. The van der Waals surface area contributed by atoms with Gasteiger partial charge in [-0.15, -0.1) is 11.3 Å². The first-order valence-electron chi connectivity index (χ1n) is 5.93. The van der Waals surface area contributed by atoms with Crippen LogP contribution in [-0.4, -0.2) is 22.3 Å². The van der Waals surface area contributed by atoms with Crippen LogP contribution >= 0.6 is 11.3 Å². The molecular formula is C14H13N3OS. The van der Waals surface area contributed by atoms with Crippen molar-refractivity contribution in [3.8, 4) is 0 Å². The molecule has 0 aliphatic heterocycles. The van der Waals surface area contributed by atoms with E-state index in [9.17, 15) is 4.79 Å². The van der Waals surface area contributed by atoms with E-state index >= 15 is 0 Å². The third kappa shape index (κ3) is 2.02. The number of aromatic nitrogens is 2. The molecule has 0 saturated carbocycles. The van der Waals surface area contributed by atoms with Crippen molar-refractivity contribution in [3.05, 3.63) is 53.3 Å². The van der Waals surface area contributed by atoms with E-state index < -0.39 is 0 Å². The molecule has 2 heterocycles. The molecule has 1 amide bonds. The van der Waals surface area contributed by atoms with Gasteiger partial charge in [0, 0.05) is 30.0 Å². The number of carbonyl (C=O) groups is 1. The second-order valence-electron chi connectivity index (χ2n) is 4.36. The minimum absolute atomic E-state index is 0.0958. The van der Waals surface area contributed by atoms with Crippen molar-refractivity contribution in [3.63, 3.8) is 0 Å². The molecule has 3 aromatic rings. The summed E-state index contributed by atoms with van der Waals surface area (Å²) in [5.41, 5.74) is 2.43. The zero-order valence-corrected chi connectivity index (χ0v) is 11.5. The van der Waals surface area contributed by atoms with E-state index in [0.29, 0.717) is 5.69 Å². The summed E-state index contributed by atoms with van der Waals surface area (Å²) >= 11 is 1.54. The summed E-state index contributed by atoms with van der Waals surface area (Å²) in [7, 11) is 1.76. The van der Waals surface area contributed by atoms with E-state index in [1.807, 2.05) is 47.0 Å². The lowest BCUT2D eigenvalue weighted by Crippen LogP contribution is -2.26. The number of imidazole rings is 1. The zero-order valence-electron chi connectivity index (χ0n) is 10.7. The lowest BCUT2D eigenvalue weighted by molar-refractivity contribution is 0.0989. The van der Waals surface area contributed by atoms with Crippen molar-refractivity contribution in [2.75, 3.05) is 11.9 Å². The fourth-order valence-corrected chi connectivity index (χ4v) is 2.79. The Morgan fingerprint density at radius 1 is 1.32 bits per heavy atom. The molecule has 19 heavy (non-hydrogen) atoms. The van der Waals surface area contributed by atoms with E-state index in [1.165, 1.54) is 0 Å². The number of benzene rings is 1. The Balaban J connectivity index is 1.95. The molecule has 0 aliphatic carbocycles. The molecule has 4 nitrogen and oxygen atoms in total. The standard InChI is InChI=1S/C14H13N3OS/c1-10-9-19-14-15-12(8-17(10)14)13(18)16(2)11-6-4-3-5-7-11/h3-9H,1-2H3. The topological polar surface area (TPSA) is 37.6 Å². The minimum atomic E-state index is -0.0958. The van der Waals surface area contributed by atoms with E-state index in [-0.39, 0.29) is 5.91 Å². The summed E-state index contributed by atoms with van der Waals surface area (Å²) in [5.74, 6) is -0.0958. The van der Waals surface area contributed by atoms with Gasteiger partial charge in [0.2, 0.25) is 0 Å². The number of hydrogen-bond donors (Lipinski definition) is 0. The molecule has 0 unspecified atom stereocenters. The Bertz CT molecular complexity index is 730. The molecule has 0 bridgehead atoms. The summed E-state index contributed by atoms with van der Waals surface area (Å²) in [4.78, 5) is 19.2. The summed E-state index contributed by atoms with van der Waals surface area (Å²) in [5, 5.41) is 2.03. The van der Waals surface area contributed by atoms with Crippen LogP contribution in [0, 0.1) is 6.92 Å². The predicted octanol–water partition coefficient (Wildman–Crippen LogP) is 2.98. The minimum Gasteiger partial charge on any atom is -0.310 e. The van der Waals surface area contributed by atoms with E-state index in [2.05, 4.69) is 4.98 Å². The summed E-state index contributed by atoms with van der Waals surface area (Å²) in [6, 6.07) is 9.56. The number of aryl methyl sites for hydroxylation is 1. The third-order valence-corrected chi connectivity index (χ3v) is 4.01. The van der Waals surface area contributed by atoms with Crippen molar-refractivity contribution in [2.24, 2.45) is 0 Å². The maximum atomic E-state index is 12.4. The molecule has 5 heteroatoms. The Labute approximate surface area is 114 Å². The van der Waals surface area contributed by atoms with Crippen LogP contribution < -0.4 is 4.90 Å². The second-order valence-corrected chi connectivity index (χ2v) is 5.19. The van der Waals surface area contributed by atoms with Gasteiger partial charge in [-0.25, -0.2) is 4.98 Å². The largest absolute Gasteiger partial charge is 0.310 e. The van der Waals surface area contributed by atoms with Gasteiger partial charge in [0.25, 0.3) is 5.91 Å². The van der Waals surface area contributed by atoms with Crippen LogP contribution in [0.4, 0.5) is 5.69 Å². The molecule has 2 aromatic heterocycles. The lowest BCUT2D eigenvalue weighted by Gasteiger charge is -2.15. The highest BCUT2D eigenvalue weighted by atomic mass is 32.1. The first-order valence-corrected chi connectivity index (χ1v) is 6.81. The van der Waals surface area contributed by atoms with Crippen LogP contribution in [0.5, 0.6) is 0 Å². The highest BCUT2D eigenvalue weighted by Gasteiger charge is 2.17. The number of rotatable bonds is 2. The van der Waals surface area contributed by atoms with Gasteiger partial charge in [-0.3, -0.25) is 9.20 Å². The van der Waals surface area contributed by atoms with Gasteiger partial charge >= 0.3 is 0 Å². The van der Waals surface area contributed by atoms with Gasteiger partial charge in [0.05, 0.1) is 0 Å². The SMILES string of the molecule is Cc1csc2nc(C(=O)N(C)c3ccccc3)cn12. The van der Waals surface area contributed by atoms with Crippen molar-refractivity contribution in [1.82, 2.24) is 9.38 Å². The maximum absolute atomic E-state index is 12.4. The summed E-state index contributed by atoms with van der Waals surface area (Å²) in [6.07, 6.45) is 1.79. The van der Waals surface area contributed by atoms with E-state index in [1.54, 1.807) is 29.5 Å². The molecule has 0 N–H and O–H groups in total. The van der Waals surface area contributed by atoms with Gasteiger partial charge in [-0.1, -0.05) is 18.2 Å². The number of nitrogens with zero attached hydrogens (tertiary/aromatic N) is 3. The maximum Gasteiger partial charge on any atom is 0.278 e. The monoisotopic (exact) mass is 271 g/mol. The Morgan fingerprint density at radius 3 is 2.74 bits per heavy atom. The quantitative estimate of drug-likeness (QED) is 0.718. The van der Waals surface area contributed by atoms with Gasteiger partial charge in [0.1, 0.15) is 5.69 Å². The van der Waals surface area contributed by atoms with Crippen LogP contribution in [0.15, 0.2) is 41.9 Å². The van der Waals surface area contributed by atoms with Crippen LogP contribution in [0.1, 0.15) is 16.2 Å². The molecule has 0 aliphatic rings. The number of thiazole rings is 1. The Hall–Kier alpha value is -2.14. The molecule has 0 spiro atoms. The lowest BCUT2D eigenvalue weighted by atomic mass is 10.3. The fraction of sp³-hybridized carbons (Fsp3) is 0.143. The smallest absolute Gasteiger partial charge is 0.278 e. The van der Waals surface area contributed by atoms with Crippen molar-refractivity contribution in [2.45, 2.75) is 6.92 Å². The number of carbonyl (C=O) groups excluding carboxylic acids is 1. The molecule has 1 aromatic carbocycles. The van der Waals surface area contributed by atoms with Crippen molar-refractivity contribution in [1.29, 1.82) is 0 Å². The molecular weight excluding hydrogens is 258 g/mol. The molecule has 0 atom stereocenters. The zero-order chi connectivity index (χ0) is 13.4. The first kappa shape index (κ1) is 11.9. The Morgan fingerprint density at radius 2 is 2.05 bits per heavy atom. The predicted molar refractivity (Wildman–Crippen MR) is 77.0 cm³/mol. The first-order chi connectivity index (χ1) is 9.16. The number of hydrogen-bond acceptors (Lipinski definition) is 3. The van der Waals surface area contributed by atoms with Gasteiger partial charge in [-0.2, -0.15) is 0 Å². The number of amides is 1. The molecule has 3 rings (SSSR count). The molecule has 0 fully saturated rings. The normalized spacial score (nSPS) is 10.8. The van der Waals surface area contributed by atoms with Crippen molar-refractivity contribution < 1.29 is 4.79 Å². The van der Waals surface area contributed by atoms with E-state index in [4.69, 9.17) is 0 Å². The third-order valence-electron chi connectivity index (χ3n) is 3.06. The van der Waals surface area contributed by atoms with Crippen molar-refractivity contribution >= 4 is 27.9 Å². The van der Waals surface area contributed by atoms with Crippen LogP contribution in [-0.2, 0) is 0 Å². The van der Waals surface area contributed by atoms with Crippen LogP contribution in [0.3, 0.4) is 0 Å². The summed E-state index contributed by atoms with van der Waals surface area (Å²) < 4.78 is 1.94. The molecule has 96 valence electrons. The van der Waals surface area contributed by atoms with Gasteiger partial charge in [-0.05, 0) is 19.1 Å².